The molecule has 6 rings (SSSR count). The molecule has 0 atom stereocenters. The van der Waals surface area contributed by atoms with Crippen LogP contribution < -0.4 is 4.74 Å². The highest BCUT2D eigenvalue weighted by Gasteiger charge is 2.54. The molecule has 1 saturated carbocycles. The van der Waals surface area contributed by atoms with Gasteiger partial charge in [-0.1, -0.05) is 17.7 Å². The SMILES string of the molecule is CN1CC2(CC(N3Cc4cc(-c5cc(Oc6cncc(Cl)c6)ccn5)ccc4C3=O)C2)C1. The lowest BCUT2D eigenvalue weighted by Crippen LogP contribution is -2.65. The van der Waals surface area contributed by atoms with Gasteiger partial charge < -0.3 is 14.5 Å². The van der Waals surface area contributed by atoms with Crippen molar-refractivity contribution in [3.8, 4) is 22.8 Å². The van der Waals surface area contributed by atoms with E-state index in [1.54, 1.807) is 30.7 Å². The second-order valence-electron chi connectivity index (χ2n) is 9.36. The molecule has 2 fully saturated rings. The van der Waals surface area contributed by atoms with Crippen LogP contribution in [-0.4, -0.2) is 51.9 Å². The topological polar surface area (TPSA) is 58.6 Å². The van der Waals surface area contributed by atoms with E-state index < -0.39 is 0 Å². The Hall–Kier alpha value is -2.96. The molecule has 0 N–H and O–H groups in total. The number of nitrogens with zero attached hydrogens (tertiary/aromatic N) is 4. The number of hydrogen-bond acceptors (Lipinski definition) is 5. The molecule has 32 heavy (non-hydrogen) atoms. The Morgan fingerprint density at radius 2 is 1.94 bits per heavy atom. The van der Waals surface area contributed by atoms with E-state index in [0.29, 0.717) is 34.5 Å². The summed E-state index contributed by atoms with van der Waals surface area (Å²) in [6.07, 6.45) is 7.16. The van der Waals surface area contributed by atoms with E-state index in [-0.39, 0.29) is 5.91 Å². The summed E-state index contributed by atoms with van der Waals surface area (Å²) in [5.74, 6) is 1.39. The molecule has 0 bridgehead atoms. The second-order valence-corrected chi connectivity index (χ2v) is 9.79. The molecule has 1 amide bonds. The van der Waals surface area contributed by atoms with Crippen molar-refractivity contribution in [1.29, 1.82) is 0 Å². The number of rotatable bonds is 4. The molecule has 2 aromatic heterocycles. The summed E-state index contributed by atoms with van der Waals surface area (Å²) in [7, 11) is 2.16. The molecular formula is C25H23ClN4O2. The van der Waals surface area contributed by atoms with Gasteiger partial charge in [-0.15, -0.1) is 0 Å². The third-order valence-corrected chi connectivity index (χ3v) is 7.08. The molecule has 4 heterocycles. The van der Waals surface area contributed by atoms with Crippen LogP contribution in [0.2, 0.25) is 5.02 Å². The van der Waals surface area contributed by atoms with E-state index in [4.69, 9.17) is 16.3 Å². The highest BCUT2D eigenvalue weighted by Crippen LogP contribution is 2.51. The smallest absolute Gasteiger partial charge is 0.254 e. The molecule has 1 saturated heterocycles. The minimum absolute atomic E-state index is 0.164. The van der Waals surface area contributed by atoms with Gasteiger partial charge in [0.2, 0.25) is 0 Å². The van der Waals surface area contributed by atoms with Crippen molar-refractivity contribution in [3.63, 3.8) is 0 Å². The first kappa shape index (κ1) is 19.7. The molecule has 0 unspecified atom stereocenters. The average Bonchev–Trinajstić information content (AvgIpc) is 3.05. The lowest BCUT2D eigenvalue weighted by Gasteiger charge is -2.60. The van der Waals surface area contributed by atoms with E-state index in [0.717, 1.165) is 48.3 Å². The Kier molecular flexibility index (Phi) is 4.49. The molecule has 1 aromatic carbocycles. The number of carbonyl (C=O) groups is 1. The fraction of sp³-hybridized carbons (Fsp3) is 0.320. The van der Waals surface area contributed by atoms with Gasteiger partial charge in [0, 0.05) is 61.3 Å². The number of likely N-dealkylation sites (tertiary alicyclic amines) is 1. The normalized spacial score (nSPS) is 19.6. The largest absolute Gasteiger partial charge is 0.456 e. The standard InChI is InChI=1S/C25H23ClN4O2/c1-29-14-25(15-29)9-19(10-25)30-13-17-6-16(2-3-22(17)24(30)31)23-8-20(4-5-28-23)32-21-7-18(26)11-27-12-21/h2-8,11-12,19H,9-10,13-15H2,1H3. The van der Waals surface area contributed by atoms with Crippen molar-refractivity contribution in [2.75, 3.05) is 20.1 Å². The Morgan fingerprint density at radius 3 is 2.72 bits per heavy atom. The quantitative estimate of drug-likeness (QED) is 0.584. The summed E-state index contributed by atoms with van der Waals surface area (Å²) in [4.78, 5) is 26.0. The van der Waals surface area contributed by atoms with Crippen molar-refractivity contribution < 1.29 is 9.53 Å². The van der Waals surface area contributed by atoms with Gasteiger partial charge in [-0.3, -0.25) is 14.8 Å². The number of amides is 1. The number of ether oxygens (including phenoxy) is 1. The van der Waals surface area contributed by atoms with E-state index in [1.165, 1.54) is 0 Å². The maximum absolute atomic E-state index is 13.0. The van der Waals surface area contributed by atoms with Gasteiger partial charge >= 0.3 is 0 Å². The molecule has 7 heteroatoms. The van der Waals surface area contributed by atoms with Crippen molar-refractivity contribution in [2.45, 2.75) is 25.4 Å². The first-order valence-electron chi connectivity index (χ1n) is 10.9. The minimum atomic E-state index is 0.164. The number of fused-ring (bicyclic) bond motifs is 1. The summed E-state index contributed by atoms with van der Waals surface area (Å²) in [6, 6.07) is 11.8. The van der Waals surface area contributed by atoms with Gasteiger partial charge in [0.05, 0.1) is 16.9 Å². The summed E-state index contributed by atoms with van der Waals surface area (Å²) < 4.78 is 5.89. The fourth-order valence-corrected chi connectivity index (χ4v) is 5.70. The summed E-state index contributed by atoms with van der Waals surface area (Å²) in [5.41, 5.74) is 4.12. The monoisotopic (exact) mass is 446 g/mol. The van der Waals surface area contributed by atoms with E-state index >= 15 is 0 Å². The highest BCUT2D eigenvalue weighted by molar-refractivity contribution is 6.30. The number of carbonyl (C=O) groups excluding carboxylic acids is 1. The lowest BCUT2D eigenvalue weighted by atomic mass is 9.60. The number of benzene rings is 1. The van der Waals surface area contributed by atoms with Crippen molar-refractivity contribution in [1.82, 2.24) is 19.8 Å². The van der Waals surface area contributed by atoms with Gasteiger partial charge in [0.15, 0.2) is 0 Å². The Balaban J connectivity index is 1.20. The van der Waals surface area contributed by atoms with Crippen LogP contribution in [0.3, 0.4) is 0 Å². The van der Waals surface area contributed by atoms with Crippen LogP contribution in [0.4, 0.5) is 0 Å². The third-order valence-electron chi connectivity index (χ3n) is 6.87. The van der Waals surface area contributed by atoms with Crippen LogP contribution in [0.25, 0.3) is 11.3 Å². The lowest BCUT2D eigenvalue weighted by molar-refractivity contribution is -0.0905. The Bertz CT molecular complexity index is 1220. The first-order chi connectivity index (χ1) is 15.5. The fourth-order valence-electron chi connectivity index (χ4n) is 5.53. The minimum Gasteiger partial charge on any atom is -0.456 e. The van der Waals surface area contributed by atoms with E-state index in [9.17, 15) is 4.79 Å². The molecule has 3 aromatic rings. The van der Waals surface area contributed by atoms with Gasteiger partial charge in [0.25, 0.3) is 5.91 Å². The number of hydrogen-bond donors (Lipinski definition) is 0. The molecule has 1 aliphatic carbocycles. The first-order valence-corrected chi connectivity index (χ1v) is 11.2. The molecule has 1 spiro atoms. The van der Waals surface area contributed by atoms with Gasteiger partial charge in [-0.25, -0.2) is 0 Å². The molecule has 3 aliphatic rings. The molecule has 0 radical (unpaired) electrons. The molecule has 162 valence electrons. The van der Waals surface area contributed by atoms with Crippen molar-refractivity contribution >= 4 is 17.5 Å². The van der Waals surface area contributed by atoms with Crippen LogP contribution >= 0.6 is 11.6 Å². The van der Waals surface area contributed by atoms with Crippen LogP contribution in [0.15, 0.2) is 55.0 Å². The molecule has 6 nitrogen and oxygen atoms in total. The zero-order valence-corrected chi connectivity index (χ0v) is 18.5. The maximum Gasteiger partial charge on any atom is 0.254 e. The highest BCUT2D eigenvalue weighted by atomic mass is 35.5. The van der Waals surface area contributed by atoms with E-state index in [2.05, 4.69) is 32.9 Å². The van der Waals surface area contributed by atoms with Crippen molar-refractivity contribution in [3.05, 3.63) is 71.1 Å². The van der Waals surface area contributed by atoms with Gasteiger partial charge in [-0.2, -0.15) is 0 Å². The number of aromatic nitrogens is 2. The second kappa shape index (κ2) is 7.29. The summed E-state index contributed by atoms with van der Waals surface area (Å²) in [6.45, 7) is 3.01. The zero-order valence-electron chi connectivity index (χ0n) is 17.8. The van der Waals surface area contributed by atoms with E-state index in [1.807, 2.05) is 18.2 Å². The van der Waals surface area contributed by atoms with Crippen LogP contribution in [-0.2, 0) is 6.54 Å². The Labute approximate surface area is 191 Å². The number of halogens is 1. The zero-order chi connectivity index (χ0) is 21.9. The number of pyridine rings is 2. The van der Waals surface area contributed by atoms with Crippen LogP contribution in [0, 0.1) is 5.41 Å². The average molecular weight is 447 g/mol. The predicted octanol–water partition coefficient (Wildman–Crippen LogP) is 4.64. The summed E-state index contributed by atoms with van der Waals surface area (Å²) in [5, 5.41) is 0.520. The summed E-state index contributed by atoms with van der Waals surface area (Å²) >= 11 is 6.00. The van der Waals surface area contributed by atoms with Crippen molar-refractivity contribution in [2.24, 2.45) is 5.41 Å². The molecule has 2 aliphatic heterocycles. The predicted molar refractivity (Wildman–Crippen MR) is 122 cm³/mol. The Morgan fingerprint density at radius 1 is 1.09 bits per heavy atom. The van der Waals surface area contributed by atoms with Crippen LogP contribution in [0.1, 0.15) is 28.8 Å². The molecular weight excluding hydrogens is 424 g/mol. The third kappa shape index (κ3) is 3.34. The van der Waals surface area contributed by atoms with Gasteiger partial charge in [-0.05, 0) is 49.1 Å². The maximum atomic E-state index is 13.0. The van der Waals surface area contributed by atoms with Crippen LogP contribution in [0.5, 0.6) is 11.5 Å². The van der Waals surface area contributed by atoms with Gasteiger partial charge in [0.1, 0.15) is 11.5 Å².